The van der Waals surface area contributed by atoms with Crippen LogP contribution in [0, 0.1) is 17.8 Å². The van der Waals surface area contributed by atoms with Gasteiger partial charge in [0.05, 0.1) is 26.4 Å². The number of hydrogen-bond donors (Lipinski definition) is 3. The molecule has 19 heteroatoms. The molecule has 0 heterocycles. The van der Waals surface area contributed by atoms with Crippen LogP contribution in [0.15, 0.2) is 0 Å². The predicted octanol–water partition coefficient (Wildman–Crippen LogP) is 25.7. The molecule has 0 aromatic rings. The predicted molar refractivity (Wildman–Crippen MR) is 428 cm³/mol. The number of ether oxygens (including phenoxy) is 4. The quantitative estimate of drug-likeness (QED) is 0.0222. The Kier molecular flexibility index (Phi) is 73.7. The van der Waals surface area contributed by atoms with Gasteiger partial charge in [-0.3, -0.25) is 37.3 Å². The zero-order valence-corrected chi connectivity index (χ0v) is 70.3. The van der Waals surface area contributed by atoms with Gasteiger partial charge in [0.1, 0.15) is 19.3 Å². The summed E-state index contributed by atoms with van der Waals surface area (Å²) in [5, 5.41) is 10.7. The molecule has 0 aromatic heterocycles. The molecule has 0 fully saturated rings. The van der Waals surface area contributed by atoms with Crippen LogP contribution in [-0.2, 0) is 65.4 Å². The summed E-state index contributed by atoms with van der Waals surface area (Å²) < 4.78 is 68.9. The van der Waals surface area contributed by atoms with Crippen LogP contribution >= 0.6 is 15.6 Å². The second kappa shape index (κ2) is 75.1. The molecule has 0 radical (unpaired) electrons. The Morgan fingerprint density at radius 1 is 0.279 bits per heavy atom. The number of aliphatic hydroxyl groups excluding tert-OH is 1. The smallest absolute Gasteiger partial charge is 0.462 e. The van der Waals surface area contributed by atoms with Crippen molar-refractivity contribution in [3.63, 3.8) is 0 Å². The Morgan fingerprint density at radius 2 is 0.490 bits per heavy atom. The molecule has 0 aromatic carbocycles. The first kappa shape index (κ1) is 102. The topological polar surface area (TPSA) is 237 Å². The molecule has 0 saturated carbocycles. The number of carbonyl (C=O) groups excluding carboxylic acids is 4. The molecule has 3 unspecified atom stereocenters. The van der Waals surface area contributed by atoms with E-state index in [1.54, 1.807) is 0 Å². The van der Waals surface area contributed by atoms with E-state index in [0.717, 1.165) is 108 Å². The molecule has 3 N–H and O–H groups in total. The van der Waals surface area contributed by atoms with Gasteiger partial charge in [-0.1, -0.05) is 395 Å². The van der Waals surface area contributed by atoms with Gasteiger partial charge in [-0.25, -0.2) is 9.13 Å². The van der Waals surface area contributed by atoms with Crippen molar-refractivity contribution in [3.05, 3.63) is 0 Å². The van der Waals surface area contributed by atoms with E-state index in [1.807, 2.05) is 0 Å². The first-order valence-corrected chi connectivity index (χ1v) is 46.9. The maximum atomic E-state index is 13.1. The second-order valence-electron chi connectivity index (χ2n) is 31.8. The minimum absolute atomic E-state index is 0.106. The lowest BCUT2D eigenvalue weighted by Gasteiger charge is -2.21. The molecule has 0 saturated heterocycles. The highest BCUT2D eigenvalue weighted by Gasteiger charge is 2.30. The molecule has 104 heavy (non-hydrogen) atoms. The van der Waals surface area contributed by atoms with Crippen LogP contribution in [0.3, 0.4) is 0 Å². The average Bonchev–Trinajstić information content (AvgIpc) is 0.916. The van der Waals surface area contributed by atoms with Crippen molar-refractivity contribution < 1.29 is 80.2 Å². The normalized spacial score (nSPS) is 14.2. The van der Waals surface area contributed by atoms with Crippen LogP contribution in [-0.4, -0.2) is 96.7 Å². The van der Waals surface area contributed by atoms with Gasteiger partial charge in [-0.15, -0.1) is 0 Å². The number of hydrogen-bond acceptors (Lipinski definition) is 15. The van der Waals surface area contributed by atoms with Gasteiger partial charge in [0.25, 0.3) is 0 Å². The lowest BCUT2D eigenvalue weighted by molar-refractivity contribution is -0.161. The highest BCUT2D eigenvalue weighted by molar-refractivity contribution is 7.47. The van der Waals surface area contributed by atoms with E-state index >= 15 is 0 Å². The number of carbonyl (C=O) groups is 4. The van der Waals surface area contributed by atoms with Crippen molar-refractivity contribution in [2.24, 2.45) is 17.8 Å². The minimum atomic E-state index is -4.97. The van der Waals surface area contributed by atoms with E-state index in [-0.39, 0.29) is 25.7 Å². The Labute approximate surface area is 638 Å². The van der Waals surface area contributed by atoms with Crippen LogP contribution in [0.2, 0.25) is 0 Å². The summed E-state index contributed by atoms with van der Waals surface area (Å²) >= 11 is 0. The Bertz CT molecular complexity index is 2010. The molecule has 17 nitrogen and oxygen atoms in total. The molecular weight excluding hydrogens is 1350 g/mol. The largest absolute Gasteiger partial charge is 0.472 e. The number of rotatable bonds is 83. The van der Waals surface area contributed by atoms with Crippen molar-refractivity contribution in [1.82, 2.24) is 0 Å². The van der Waals surface area contributed by atoms with Crippen molar-refractivity contribution in [2.75, 3.05) is 39.6 Å². The van der Waals surface area contributed by atoms with Gasteiger partial charge >= 0.3 is 39.5 Å². The third kappa shape index (κ3) is 76.8. The maximum absolute atomic E-state index is 13.1. The van der Waals surface area contributed by atoms with E-state index < -0.39 is 97.5 Å². The lowest BCUT2D eigenvalue weighted by Crippen LogP contribution is -2.30. The maximum Gasteiger partial charge on any atom is 0.472 e. The molecule has 0 spiro atoms. The Balaban J connectivity index is 5.24. The number of esters is 4. The fourth-order valence-corrected chi connectivity index (χ4v) is 14.7. The van der Waals surface area contributed by atoms with Gasteiger partial charge in [0, 0.05) is 25.7 Å². The average molecular weight is 1520 g/mol. The molecule has 0 rings (SSSR count). The summed E-state index contributed by atoms with van der Waals surface area (Å²) in [6, 6.07) is 0. The fraction of sp³-hybridized carbons (Fsp3) is 0.953. The summed E-state index contributed by atoms with van der Waals surface area (Å²) in [6.45, 7) is 12.0. The zero-order chi connectivity index (χ0) is 76.5. The molecule has 6 atom stereocenters. The molecule has 0 bridgehead atoms. The summed E-state index contributed by atoms with van der Waals surface area (Å²) in [7, 11) is -9.93. The highest BCUT2D eigenvalue weighted by Crippen LogP contribution is 2.45. The van der Waals surface area contributed by atoms with Crippen molar-refractivity contribution in [1.29, 1.82) is 0 Å². The van der Waals surface area contributed by atoms with Gasteiger partial charge in [0.15, 0.2) is 12.2 Å². The van der Waals surface area contributed by atoms with Gasteiger partial charge < -0.3 is 33.8 Å². The van der Waals surface area contributed by atoms with Crippen LogP contribution in [0.25, 0.3) is 0 Å². The van der Waals surface area contributed by atoms with Crippen LogP contribution < -0.4 is 0 Å². The van der Waals surface area contributed by atoms with E-state index in [2.05, 4.69) is 48.5 Å². The monoisotopic (exact) mass is 1520 g/mol. The van der Waals surface area contributed by atoms with E-state index in [4.69, 9.17) is 37.0 Å². The number of phosphoric acid groups is 2. The van der Waals surface area contributed by atoms with Crippen molar-refractivity contribution >= 4 is 39.5 Å². The molecular formula is C85H166O17P2. The molecule has 0 aliphatic carbocycles. The van der Waals surface area contributed by atoms with E-state index in [9.17, 15) is 43.2 Å². The Hall–Kier alpha value is -1.94. The zero-order valence-electron chi connectivity index (χ0n) is 68.5. The third-order valence-corrected chi connectivity index (χ3v) is 22.1. The van der Waals surface area contributed by atoms with Crippen LogP contribution in [0.4, 0.5) is 0 Å². The second-order valence-corrected chi connectivity index (χ2v) is 34.7. The molecule has 0 aliphatic rings. The SMILES string of the molecule is CCCCCCCCCCCCCCCCCCCCCCCC(=O)O[C@H](COC(=O)CCCCCCCCCCCCCCCCCC(C)C)COP(=O)(O)OC[C@@H](O)COP(=O)(O)OC[C@@H](COC(=O)CCCCCCCCCCC(C)C)OC(=O)CCCCCCCCCCCCC(C)CC. The first-order chi connectivity index (χ1) is 50.3. The Morgan fingerprint density at radius 3 is 0.731 bits per heavy atom. The standard InChI is InChI=1S/C85H166O17P2/c1-8-10-11-12-13-14-15-16-17-18-19-20-21-22-25-29-32-38-47-54-61-68-84(89)101-80(72-95-82(87)66-59-52-45-37-31-28-26-23-24-27-30-35-42-49-56-63-76(3)4)74-99-103(91,92)97-70-79(86)71-98-104(93,94)100-75-81(73-96-83(88)67-60-53-46-41-40-43-50-57-64-77(5)6)102-85(90)69-62-55-48-39-34-33-36-44-51-58-65-78(7)9-2/h76-81,86H,8-75H2,1-7H3,(H,91,92)(H,93,94)/t78?,79-,80-,81-/m1/s1. The summed E-state index contributed by atoms with van der Waals surface area (Å²) in [4.78, 5) is 73.2. The third-order valence-electron chi connectivity index (χ3n) is 20.2. The van der Waals surface area contributed by atoms with Crippen LogP contribution in [0.1, 0.15) is 447 Å². The molecule has 0 aliphatic heterocycles. The molecule has 0 amide bonds. The summed E-state index contributed by atoms with van der Waals surface area (Å²) in [6.07, 6.45) is 65.3. The first-order valence-electron chi connectivity index (χ1n) is 43.9. The minimum Gasteiger partial charge on any atom is -0.462 e. The molecule has 618 valence electrons. The van der Waals surface area contributed by atoms with Gasteiger partial charge in [0.2, 0.25) is 0 Å². The van der Waals surface area contributed by atoms with Crippen molar-refractivity contribution in [2.45, 2.75) is 465 Å². The van der Waals surface area contributed by atoms with E-state index in [1.165, 1.54) is 257 Å². The van der Waals surface area contributed by atoms with Crippen LogP contribution in [0.5, 0.6) is 0 Å². The van der Waals surface area contributed by atoms with Gasteiger partial charge in [-0.05, 0) is 43.4 Å². The fourth-order valence-electron chi connectivity index (χ4n) is 13.2. The summed E-state index contributed by atoms with van der Waals surface area (Å²) in [5.74, 6) is 0.228. The number of phosphoric ester groups is 2. The highest BCUT2D eigenvalue weighted by atomic mass is 31.2. The van der Waals surface area contributed by atoms with E-state index in [0.29, 0.717) is 25.7 Å². The summed E-state index contributed by atoms with van der Waals surface area (Å²) in [5.41, 5.74) is 0. The van der Waals surface area contributed by atoms with Gasteiger partial charge in [-0.2, -0.15) is 0 Å². The number of unbranched alkanes of at least 4 members (excludes halogenated alkanes) is 50. The number of aliphatic hydroxyl groups is 1. The lowest BCUT2D eigenvalue weighted by atomic mass is 9.99. The van der Waals surface area contributed by atoms with Crippen molar-refractivity contribution in [3.8, 4) is 0 Å².